The smallest absolute Gasteiger partial charge is 0.0223 e. The van der Waals surface area contributed by atoms with E-state index < -0.39 is 0 Å². The Labute approximate surface area is 93.6 Å². The molecule has 1 unspecified atom stereocenters. The molecule has 0 aromatic carbocycles. The summed E-state index contributed by atoms with van der Waals surface area (Å²) in [5.74, 6) is 0. The van der Waals surface area contributed by atoms with Crippen LogP contribution < -0.4 is 5.73 Å². The molecule has 3 nitrogen and oxygen atoms in total. The largest absolute Gasteiger partial charge is 0.329 e. The zero-order valence-corrected chi connectivity index (χ0v) is 9.83. The first-order valence-electron chi connectivity index (χ1n) is 6.56. The minimum atomic E-state index is 0.812. The van der Waals surface area contributed by atoms with Crippen LogP contribution in [0.5, 0.6) is 0 Å². The SMILES string of the molecule is NCCN1CCCC(N2CCCCC2)C1. The molecule has 0 amide bonds. The van der Waals surface area contributed by atoms with E-state index in [0.29, 0.717) is 0 Å². The Kier molecular flexibility index (Phi) is 4.42. The van der Waals surface area contributed by atoms with Crippen molar-refractivity contribution >= 4 is 0 Å². The van der Waals surface area contributed by atoms with E-state index in [9.17, 15) is 0 Å². The van der Waals surface area contributed by atoms with Crippen molar-refractivity contribution in [2.75, 3.05) is 39.3 Å². The highest BCUT2D eigenvalue weighted by Crippen LogP contribution is 2.19. The number of likely N-dealkylation sites (tertiary alicyclic amines) is 2. The Bertz CT molecular complexity index is 176. The second kappa shape index (κ2) is 5.83. The molecule has 0 aromatic heterocycles. The lowest BCUT2D eigenvalue weighted by atomic mass is 10.0. The summed E-state index contributed by atoms with van der Waals surface area (Å²) >= 11 is 0. The molecule has 0 radical (unpaired) electrons. The average Bonchev–Trinajstić information content (AvgIpc) is 2.31. The van der Waals surface area contributed by atoms with Crippen LogP contribution in [0.25, 0.3) is 0 Å². The molecule has 0 saturated carbocycles. The molecule has 2 rings (SSSR count). The Morgan fingerprint density at radius 3 is 2.53 bits per heavy atom. The van der Waals surface area contributed by atoms with Crippen molar-refractivity contribution in [3.63, 3.8) is 0 Å². The zero-order chi connectivity index (χ0) is 10.5. The summed E-state index contributed by atoms with van der Waals surface area (Å²) in [6, 6.07) is 0.825. The first kappa shape index (κ1) is 11.4. The fourth-order valence-electron chi connectivity index (χ4n) is 3.00. The third-order valence-corrected chi connectivity index (χ3v) is 3.83. The van der Waals surface area contributed by atoms with Gasteiger partial charge in [-0.1, -0.05) is 6.42 Å². The van der Waals surface area contributed by atoms with E-state index in [-0.39, 0.29) is 0 Å². The van der Waals surface area contributed by atoms with Gasteiger partial charge in [-0.15, -0.1) is 0 Å². The number of hydrogen-bond donors (Lipinski definition) is 1. The molecular formula is C12H25N3. The number of nitrogens with two attached hydrogens (primary N) is 1. The molecule has 1 atom stereocenters. The molecule has 0 aromatic rings. The predicted octanol–water partition coefficient (Wildman–Crippen LogP) is 0.895. The molecule has 2 aliphatic heterocycles. The highest BCUT2D eigenvalue weighted by molar-refractivity contribution is 4.82. The van der Waals surface area contributed by atoms with Crippen LogP contribution in [0.2, 0.25) is 0 Å². The molecule has 15 heavy (non-hydrogen) atoms. The predicted molar refractivity (Wildman–Crippen MR) is 63.9 cm³/mol. The normalized spacial score (nSPS) is 30.6. The summed E-state index contributed by atoms with van der Waals surface area (Å²) in [6.07, 6.45) is 7.03. The van der Waals surface area contributed by atoms with E-state index in [1.54, 1.807) is 0 Å². The Hall–Kier alpha value is -0.120. The van der Waals surface area contributed by atoms with Crippen LogP contribution in [0.4, 0.5) is 0 Å². The van der Waals surface area contributed by atoms with E-state index in [1.807, 2.05) is 0 Å². The number of hydrogen-bond acceptors (Lipinski definition) is 3. The second-order valence-corrected chi connectivity index (χ2v) is 4.98. The monoisotopic (exact) mass is 211 g/mol. The van der Waals surface area contributed by atoms with Gasteiger partial charge in [0, 0.05) is 25.7 Å². The van der Waals surface area contributed by atoms with Crippen molar-refractivity contribution < 1.29 is 0 Å². The van der Waals surface area contributed by atoms with Crippen LogP contribution in [-0.4, -0.2) is 55.1 Å². The van der Waals surface area contributed by atoms with E-state index in [0.717, 1.165) is 19.1 Å². The maximum Gasteiger partial charge on any atom is 0.0223 e. The fraction of sp³-hybridized carbons (Fsp3) is 1.00. The molecule has 88 valence electrons. The Morgan fingerprint density at radius 1 is 1.00 bits per heavy atom. The molecule has 0 bridgehead atoms. The number of rotatable bonds is 3. The van der Waals surface area contributed by atoms with Crippen LogP contribution in [0.3, 0.4) is 0 Å². The van der Waals surface area contributed by atoms with Gasteiger partial charge >= 0.3 is 0 Å². The Morgan fingerprint density at radius 2 is 1.80 bits per heavy atom. The van der Waals surface area contributed by atoms with Gasteiger partial charge in [-0.2, -0.15) is 0 Å². The summed E-state index contributed by atoms with van der Waals surface area (Å²) in [4.78, 5) is 5.26. The minimum absolute atomic E-state index is 0.812. The van der Waals surface area contributed by atoms with Crippen molar-refractivity contribution in [2.45, 2.75) is 38.1 Å². The van der Waals surface area contributed by atoms with Crippen LogP contribution in [0.1, 0.15) is 32.1 Å². The van der Waals surface area contributed by atoms with Crippen LogP contribution >= 0.6 is 0 Å². The van der Waals surface area contributed by atoms with Crippen molar-refractivity contribution in [1.82, 2.24) is 9.80 Å². The summed E-state index contributed by atoms with van der Waals surface area (Å²) in [5, 5.41) is 0. The summed E-state index contributed by atoms with van der Waals surface area (Å²) in [6.45, 7) is 7.10. The molecule has 2 N–H and O–H groups in total. The molecule has 0 aliphatic carbocycles. The van der Waals surface area contributed by atoms with E-state index >= 15 is 0 Å². The molecule has 2 aliphatic rings. The quantitative estimate of drug-likeness (QED) is 0.752. The average molecular weight is 211 g/mol. The van der Waals surface area contributed by atoms with Crippen LogP contribution in [0, 0.1) is 0 Å². The molecule has 0 spiro atoms. The van der Waals surface area contributed by atoms with Gasteiger partial charge in [-0.05, 0) is 45.3 Å². The lowest BCUT2D eigenvalue weighted by Gasteiger charge is -2.41. The maximum absolute atomic E-state index is 5.63. The lowest BCUT2D eigenvalue weighted by molar-refractivity contribution is 0.0842. The van der Waals surface area contributed by atoms with Crippen molar-refractivity contribution in [1.29, 1.82) is 0 Å². The standard InChI is InChI=1S/C12H25N3/c13-6-10-14-7-4-5-12(11-14)15-8-2-1-3-9-15/h12H,1-11,13H2. The van der Waals surface area contributed by atoms with Gasteiger partial charge in [-0.25, -0.2) is 0 Å². The van der Waals surface area contributed by atoms with Gasteiger partial charge < -0.3 is 10.6 Å². The van der Waals surface area contributed by atoms with Crippen LogP contribution in [-0.2, 0) is 0 Å². The van der Waals surface area contributed by atoms with Gasteiger partial charge in [0.1, 0.15) is 0 Å². The van der Waals surface area contributed by atoms with Crippen molar-refractivity contribution in [3.05, 3.63) is 0 Å². The number of nitrogens with zero attached hydrogens (tertiary/aromatic N) is 2. The van der Waals surface area contributed by atoms with Gasteiger partial charge in [0.25, 0.3) is 0 Å². The van der Waals surface area contributed by atoms with Gasteiger partial charge in [0.05, 0.1) is 0 Å². The first-order valence-corrected chi connectivity index (χ1v) is 6.56. The molecule has 2 fully saturated rings. The maximum atomic E-state index is 5.63. The summed E-state index contributed by atoms with van der Waals surface area (Å²) < 4.78 is 0. The number of piperidine rings is 2. The molecule has 3 heteroatoms. The first-order chi connectivity index (χ1) is 7.40. The topological polar surface area (TPSA) is 32.5 Å². The lowest BCUT2D eigenvalue weighted by Crippen LogP contribution is -2.50. The Balaban J connectivity index is 1.80. The summed E-state index contributed by atoms with van der Waals surface area (Å²) in [5.41, 5.74) is 5.63. The second-order valence-electron chi connectivity index (χ2n) is 4.98. The highest BCUT2D eigenvalue weighted by atomic mass is 15.2. The van der Waals surface area contributed by atoms with Gasteiger partial charge in [-0.3, -0.25) is 4.90 Å². The molecular weight excluding hydrogens is 186 g/mol. The summed E-state index contributed by atoms with van der Waals surface area (Å²) in [7, 11) is 0. The van der Waals surface area contributed by atoms with E-state index in [1.165, 1.54) is 58.3 Å². The van der Waals surface area contributed by atoms with Crippen molar-refractivity contribution in [2.24, 2.45) is 5.73 Å². The highest BCUT2D eigenvalue weighted by Gasteiger charge is 2.25. The van der Waals surface area contributed by atoms with Gasteiger partial charge in [0.15, 0.2) is 0 Å². The van der Waals surface area contributed by atoms with Gasteiger partial charge in [0.2, 0.25) is 0 Å². The van der Waals surface area contributed by atoms with E-state index in [2.05, 4.69) is 9.80 Å². The zero-order valence-electron chi connectivity index (χ0n) is 9.83. The fourth-order valence-corrected chi connectivity index (χ4v) is 3.00. The van der Waals surface area contributed by atoms with E-state index in [4.69, 9.17) is 5.73 Å². The third-order valence-electron chi connectivity index (χ3n) is 3.83. The van der Waals surface area contributed by atoms with Crippen LogP contribution in [0.15, 0.2) is 0 Å². The van der Waals surface area contributed by atoms with Crippen molar-refractivity contribution in [3.8, 4) is 0 Å². The molecule has 2 heterocycles. The molecule has 2 saturated heterocycles. The minimum Gasteiger partial charge on any atom is -0.329 e. The third kappa shape index (κ3) is 3.16.